The lowest BCUT2D eigenvalue weighted by Crippen LogP contribution is -2.36. The molecule has 3 heteroatoms. The van der Waals surface area contributed by atoms with E-state index in [0.717, 1.165) is 17.8 Å². The molecule has 0 spiro atoms. The molecule has 1 aliphatic carbocycles. The number of nitrogens with zero attached hydrogens (tertiary/aromatic N) is 1. The largest absolute Gasteiger partial charge is 0.313 e. The SMILES string of the molecule is CCSC1CCC(NCCN(CC)CC)C1. The first-order valence-electron chi connectivity index (χ1n) is 6.87. The minimum atomic E-state index is 0.791. The standard InChI is InChI=1S/C13H28N2S/c1-4-15(5-2)10-9-14-12-7-8-13(11-12)16-6-3/h12-14H,4-11H2,1-3H3. The molecular formula is C13H28N2S. The highest BCUT2D eigenvalue weighted by molar-refractivity contribution is 7.99. The van der Waals surface area contributed by atoms with E-state index in [4.69, 9.17) is 0 Å². The molecule has 2 atom stereocenters. The number of thioether (sulfide) groups is 1. The second-order valence-corrected chi connectivity index (χ2v) is 6.15. The summed E-state index contributed by atoms with van der Waals surface area (Å²) in [5.41, 5.74) is 0. The Morgan fingerprint density at radius 2 is 1.94 bits per heavy atom. The highest BCUT2D eigenvalue weighted by Crippen LogP contribution is 2.29. The Balaban J connectivity index is 2.06. The molecule has 16 heavy (non-hydrogen) atoms. The Bertz CT molecular complexity index is 171. The minimum absolute atomic E-state index is 0.791. The van der Waals surface area contributed by atoms with Gasteiger partial charge in [-0.25, -0.2) is 0 Å². The van der Waals surface area contributed by atoms with Crippen LogP contribution in [-0.4, -0.2) is 48.1 Å². The molecule has 0 radical (unpaired) electrons. The average Bonchev–Trinajstić information content (AvgIpc) is 2.73. The molecule has 0 bridgehead atoms. The molecule has 0 aromatic carbocycles. The van der Waals surface area contributed by atoms with Gasteiger partial charge in [-0.3, -0.25) is 0 Å². The highest BCUT2D eigenvalue weighted by atomic mass is 32.2. The van der Waals surface area contributed by atoms with Crippen LogP contribution in [0.15, 0.2) is 0 Å². The van der Waals surface area contributed by atoms with Gasteiger partial charge in [0.2, 0.25) is 0 Å². The molecule has 1 aliphatic rings. The van der Waals surface area contributed by atoms with E-state index in [0.29, 0.717) is 0 Å². The topological polar surface area (TPSA) is 15.3 Å². The zero-order chi connectivity index (χ0) is 11.8. The van der Waals surface area contributed by atoms with Gasteiger partial charge in [0, 0.05) is 24.4 Å². The van der Waals surface area contributed by atoms with Crippen LogP contribution in [0.1, 0.15) is 40.0 Å². The third-order valence-electron chi connectivity index (χ3n) is 3.54. The molecule has 0 saturated heterocycles. The summed E-state index contributed by atoms with van der Waals surface area (Å²) in [7, 11) is 0. The summed E-state index contributed by atoms with van der Waals surface area (Å²) in [6.07, 6.45) is 4.19. The van der Waals surface area contributed by atoms with E-state index in [2.05, 4.69) is 42.7 Å². The molecule has 0 aromatic heterocycles. The summed E-state index contributed by atoms with van der Waals surface area (Å²) >= 11 is 2.14. The van der Waals surface area contributed by atoms with Crippen molar-refractivity contribution in [1.82, 2.24) is 10.2 Å². The summed E-state index contributed by atoms with van der Waals surface area (Å²) in [5.74, 6) is 1.27. The highest BCUT2D eigenvalue weighted by Gasteiger charge is 2.23. The molecule has 0 aliphatic heterocycles. The van der Waals surface area contributed by atoms with E-state index in [1.165, 1.54) is 44.6 Å². The summed E-state index contributed by atoms with van der Waals surface area (Å²) in [6.45, 7) is 11.5. The predicted octanol–water partition coefficient (Wildman–Crippen LogP) is 2.59. The number of nitrogens with one attached hydrogen (secondary N) is 1. The molecule has 2 unspecified atom stereocenters. The van der Waals surface area contributed by atoms with Gasteiger partial charge in [0.05, 0.1) is 0 Å². The maximum Gasteiger partial charge on any atom is 0.0107 e. The van der Waals surface area contributed by atoms with Gasteiger partial charge in [-0.1, -0.05) is 20.8 Å². The number of likely N-dealkylation sites (N-methyl/N-ethyl adjacent to an activating group) is 1. The van der Waals surface area contributed by atoms with Crippen LogP contribution in [0.4, 0.5) is 0 Å². The number of rotatable bonds is 8. The van der Waals surface area contributed by atoms with E-state index in [-0.39, 0.29) is 0 Å². The monoisotopic (exact) mass is 244 g/mol. The Morgan fingerprint density at radius 3 is 2.56 bits per heavy atom. The van der Waals surface area contributed by atoms with Crippen LogP contribution in [0, 0.1) is 0 Å². The van der Waals surface area contributed by atoms with Crippen LogP contribution in [0.25, 0.3) is 0 Å². The maximum absolute atomic E-state index is 3.71. The lowest BCUT2D eigenvalue weighted by molar-refractivity contribution is 0.296. The van der Waals surface area contributed by atoms with Crippen molar-refractivity contribution < 1.29 is 0 Å². The fourth-order valence-electron chi connectivity index (χ4n) is 2.48. The Kier molecular flexibility index (Phi) is 7.50. The first-order valence-corrected chi connectivity index (χ1v) is 7.92. The molecule has 0 amide bonds. The Morgan fingerprint density at radius 1 is 1.19 bits per heavy atom. The third-order valence-corrected chi connectivity index (χ3v) is 4.78. The molecule has 0 aromatic rings. The van der Waals surface area contributed by atoms with Gasteiger partial charge in [-0.2, -0.15) is 11.8 Å². The van der Waals surface area contributed by atoms with Crippen molar-refractivity contribution in [1.29, 1.82) is 0 Å². The van der Waals surface area contributed by atoms with Crippen LogP contribution >= 0.6 is 11.8 Å². The third kappa shape index (κ3) is 5.07. The van der Waals surface area contributed by atoms with Crippen LogP contribution in [-0.2, 0) is 0 Å². The number of hydrogen-bond acceptors (Lipinski definition) is 3. The molecular weight excluding hydrogens is 216 g/mol. The molecule has 1 fully saturated rings. The summed E-state index contributed by atoms with van der Waals surface area (Å²) in [4.78, 5) is 2.49. The first kappa shape index (κ1) is 14.3. The van der Waals surface area contributed by atoms with Crippen molar-refractivity contribution in [3.8, 4) is 0 Å². The maximum atomic E-state index is 3.71. The summed E-state index contributed by atoms with van der Waals surface area (Å²) < 4.78 is 0. The van der Waals surface area contributed by atoms with E-state index in [9.17, 15) is 0 Å². The fraction of sp³-hybridized carbons (Fsp3) is 1.00. The number of hydrogen-bond donors (Lipinski definition) is 1. The zero-order valence-electron chi connectivity index (χ0n) is 11.2. The quantitative estimate of drug-likeness (QED) is 0.706. The van der Waals surface area contributed by atoms with E-state index < -0.39 is 0 Å². The van der Waals surface area contributed by atoms with Gasteiger partial charge in [-0.05, 0) is 38.1 Å². The van der Waals surface area contributed by atoms with Gasteiger partial charge < -0.3 is 10.2 Å². The van der Waals surface area contributed by atoms with Gasteiger partial charge >= 0.3 is 0 Å². The van der Waals surface area contributed by atoms with Crippen molar-refractivity contribution in [2.24, 2.45) is 0 Å². The van der Waals surface area contributed by atoms with Crippen molar-refractivity contribution in [3.05, 3.63) is 0 Å². The van der Waals surface area contributed by atoms with Gasteiger partial charge in [0.1, 0.15) is 0 Å². The van der Waals surface area contributed by atoms with Crippen LogP contribution in [0.2, 0.25) is 0 Å². The second kappa shape index (κ2) is 8.37. The normalized spacial score (nSPS) is 25.5. The van der Waals surface area contributed by atoms with Gasteiger partial charge in [0.25, 0.3) is 0 Å². The van der Waals surface area contributed by atoms with Crippen molar-refractivity contribution in [3.63, 3.8) is 0 Å². The van der Waals surface area contributed by atoms with E-state index in [1.807, 2.05) is 0 Å². The smallest absolute Gasteiger partial charge is 0.0107 e. The van der Waals surface area contributed by atoms with E-state index in [1.54, 1.807) is 0 Å². The lowest BCUT2D eigenvalue weighted by atomic mass is 10.2. The van der Waals surface area contributed by atoms with Crippen LogP contribution in [0.5, 0.6) is 0 Å². The zero-order valence-corrected chi connectivity index (χ0v) is 12.0. The minimum Gasteiger partial charge on any atom is -0.313 e. The average molecular weight is 244 g/mol. The van der Waals surface area contributed by atoms with Gasteiger partial charge in [0.15, 0.2) is 0 Å². The molecule has 96 valence electrons. The molecule has 0 heterocycles. The van der Waals surface area contributed by atoms with Crippen LogP contribution < -0.4 is 5.32 Å². The Labute approximate surface area is 106 Å². The Hall–Kier alpha value is 0.270. The lowest BCUT2D eigenvalue weighted by Gasteiger charge is -2.20. The van der Waals surface area contributed by atoms with Gasteiger partial charge in [-0.15, -0.1) is 0 Å². The summed E-state index contributed by atoms with van der Waals surface area (Å²) in [6, 6.07) is 0.791. The molecule has 2 nitrogen and oxygen atoms in total. The predicted molar refractivity (Wildman–Crippen MR) is 75.3 cm³/mol. The van der Waals surface area contributed by atoms with Crippen molar-refractivity contribution >= 4 is 11.8 Å². The van der Waals surface area contributed by atoms with E-state index >= 15 is 0 Å². The van der Waals surface area contributed by atoms with Crippen LogP contribution in [0.3, 0.4) is 0 Å². The molecule has 1 saturated carbocycles. The van der Waals surface area contributed by atoms with Crippen molar-refractivity contribution in [2.75, 3.05) is 31.9 Å². The first-order chi connectivity index (χ1) is 7.80. The summed E-state index contributed by atoms with van der Waals surface area (Å²) in [5, 5.41) is 4.64. The fourth-order valence-corrected chi connectivity index (χ4v) is 3.62. The van der Waals surface area contributed by atoms with Crippen molar-refractivity contribution in [2.45, 2.75) is 51.3 Å². The molecule has 1 N–H and O–H groups in total. The second-order valence-electron chi connectivity index (χ2n) is 4.57. The molecule has 1 rings (SSSR count).